The Labute approximate surface area is 131 Å². The van der Waals surface area contributed by atoms with Crippen molar-refractivity contribution in [1.29, 1.82) is 0 Å². The highest BCUT2D eigenvalue weighted by molar-refractivity contribution is 9.10. The summed E-state index contributed by atoms with van der Waals surface area (Å²) in [4.78, 5) is 3.46. The van der Waals surface area contributed by atoms with E-state index in [0.717, 1.165) is 23.1 Å². The Bertz CT molecular complexity index is 543. The van der Waals surface area contributed by atoms with Crippen LogP contribution in [0, 0.1) is 5.82 Å². The lowest BCUT2D eigenvalue weighted by Gasteiger charge is -2.18. The molecule has 0 radical (unpaired) electrons. The molecule has 1 N–H and O–H groups in total. The first-order valence-electron chi connectivity index (χ1n) is 6.39. The first kappa shape index (κ1) is 15.6. The summed E-state index contributed by atoms with van der Waals surface area (Å²) in [7, 11) is 2.03. The van der Waals surface area contributed by atoms with Crippen molar-refractivity contribution in [2.75, 3.05) is 13.6 Å². The second-order valence-corrected chi connectivity index (χ2v) is 6.74. The Morgan fingerprint density at radius 3 is 2.65 bits per heavy atom. The molecule has 2 aromatic rings. The molecule has 1 unspecified atom stereocenters. The molecule has 0 spiro atoms. The molecule has 2 nitrogen and oxygen atoms in total. The Morgan fingerprint density at radius 2 is 2.05 bits per heavy atom. The maximum absolute atomic E-state index is 12.8. The number of aliphatic hydroxyl groups excluding tert-OH is 1. The van der Waals surface area contributed by atoms with Crippen LogP contribution in [-0.4, -0.2) is 23.6 Å². The van der Waals surface area contributed by atoms with E-state index in [4.69, 9.17) is 0 Å². The van der Waals surface area contributed by atoms with Gasteiger partial charge in [0.05, 0.1) is 6.10 Å². The molecule has 0 saturated heterocycles. The van der Waals surface area contributed by atoms with Crippen molar-refractivity contribution in [3.8, 4) is 0 Å². The number of hydrogen-bond donors (Lipinski definition) is 1. The summed E-state index contributed by atoms with van der Waals surface area (Å²) < 4.78 is 13.9. The van der Waals surface area contributed by atoms with Gasteiger partial charge in [-0.1, -0.05) is 12.1 Å². The highest BCUT2D eigenvalue weighted by atomic mass is 79.9. The molecule has 0 bridgehead atoms. The van der Waals surface area contributed by atoms with Gasteiger partial charge in [0.2, 0.25) is 0 Å². The Hall–Kier alpha value is -0.750. The summed E-state index contributed by atoms with van der Waals surface area (Å²) in [6, 6.07) is 8.14. The fourth-order valence-corrected chi connectivity index (χ4v) is 3.51. The summed E-state index contributed by atoms with van der Waals surface area (Å²) in [6.45, 7) is 1.65. The Morgan fingerprint density at radius 1 is 1.35 bits per heavy atom. The van der Waals surface area contributed by atoms with Crippen LogP contribution < -0.4 is 0 Å². The Kier molecular flexibility index (Phi) is 5.72. The van der Waals surface area contributed by atoms with Crippen LogP contribution >= 0.6 is 27.3 Å². The van der Waals surface area contributed by atoms with Gasteiger partial charge < -0.3 is 10.0 Å². The number of rotatable bonds is 6. The van der Waals surface area contributed by atoms with Crippen LogP contribution in [0.3, 0.4) is 0 Å². The Balaban J connectivity index is 1.80. The average Bonchev–Trinajstić information content (AvgIpc) is 2.82. The minimum atomic E-state index is -0.548. The normalized spacial score (nSPS) is 12.8. The van der Waals surface area contributed by atoms with Crippen molar-refractivity contribution in [1.82, 2.24) is 4.90 Å². The fourth-order valence-electron chi connectivity index (χ4n) is 1.98. The van der Waals surface area contributed by atoms with E-state index < -0.39 is 6.10 Å². The molecule has 2 rings (SSSR count). The average molecular weight is 358 g/mol. The van der Waals surface area contributed by atoms with Gasteiger partial charge in [-0.3, -0.25) is 0 Å². The lowest BCUT2D eigenvalue weighted by Crippen LogP contribution is -2.20. The molecule has 5 heteroatoms. The zero-order chi connectivity index (χ0) is 14.5. The van der Waals surface area contributed by atoms with Gasteiger partial charge in [0.25, 0.3) is 0 Å². The third-order valence-corrected chi connectivity index (χ3v) is 4.77. The van der Waals surface area contributed by atoms with Gasteiger partial charge >= 0.3 is 0 Å². The largest absolute Gasteiger partial charge is 0.388 e. The lowest BCUT2D eigenvalue weighted by atomic mass is 10.1. The van der Waals surface area contributed by atoms with Crippen molar-refractivity contribution in [3.63, 3.8) is 0 Å². The molecule has 1 heterocycles. The molecule has 0 fully saturated rings. The predicted molar refractivity (Wildman–Crippen MR) is 84.3 cm³/mol. The maximum Gasteiger partial charge on any atom is 0.123 e. The summed E-state index contributed by atoms with van der Waals surface area (Å²) in [5, 5.41) is 12.1. The van der Waals surface area contributed by atoms with Gasteiger partial charge in [-0.05, 0) is 53.2 Å². The van der Waals surface area contributed by atoms with Gasteiger partial charge in [0.1, 0.15) is 5.82 Å². The van der Waals surface area contributed by atoms with E-state index in [9.17, 15) is 9.50 Å². The van der Waals surface area contributed by atoms with E-state index in [1.54, 1.807) is 23.5 Å². The highest BCUT2D eigenvalue weighted by Gasteiger charge is 2.10. The van der Waals surface area contributed by atoms with Crippen LogP contribution in [-0.2, 0) is 6.54 Å². The second kappa shape index (κ2) is 7.31. The van der Waals surface area contributed by atoms with E-state index in [0.29, 0.717) is 6.42 Å². The fraction of sp³-hybridized carbons (Fsp3) is 0.333. The van der Waals surface area contributed by atoms with Crippen LogP contribution in [0.15, 0.2) is 40.2 Å². The monoisotopic (exact) mass is 357 g/mol. The molecule has 1 aromatic heterocycles. The summed E-state index contributed by atoms with van der Waals surface area (Å²) in [6.07, 6.45) is 0.0856. The van der Waals surface area contributed by atoms with E-state index in [1.807, 2.05) is 7.05 Å². The lowest BCUT2D eigenvalue weighted by molar-refractivity contribution is 0.148. The minimum absolute atomic E-state index is 0.277. The van der Waals surface area contributed by atoms with Crippen LogP contribution in [0.25, 0.3) is 0 Å². The number of halogens is 2. The molecule has 0 saturated carbocycles. The van der Waals surface area contributed by atoms with Gasteiger partial charge in [0, 0.05) is 27.8 Å². The third kappa shape index (κ3) is 4.66. The number of benzene rings is 1. The molecule has 0 aliphatic rings. The van der Waals surface area contributed by atoms with Crippen LogP contribution in [0.5, 0.6) is 0 Å². The van der Waals surface area contributed by atoms with Crippen molar-refractivity contribution in [2.24, 2.45) is 0 Å². The van der Waals surface area contributed by atoms with E-state index >= 15 is 0 Å². The molecule has 1 atom stereocenters. The van der Waals surface area contributed by atoms with Gasteiger partial charge in [-0.15, -0.1) is 11.3 Å². The molecule has 20 heavy (non-hydrogen) atoms. The van der Waals surface area contributed by atoms with E-state index in [2.05, 4.69) is 32.3 Å². The third-order valence-electron chi connectivity index (χ3n) is 3.09. The summed E-state index contributed by atoms with van der Waals surface area (Å²) in [5.41, 5.74) is 0.763. The predicted octanol–water partition coefficient (Wildman–Crippen LogP) is 4.21. The number of hydrogen-bond acceptors (Lipinski definition) is 3. The number of thiophene rings is 1. The number of nitrogens with zero attached hydrogens (tertiary/aromatic N) is 1. The highest BCUT2D eigenvalue weighted by Crippen LogP contribution is 2.22. The number of aliphatic hydroxyl groups is 1. The molecular formula is C15H17BrFNOS. The van der Waals surface area contributed by atoms with Crippen molar-refractivity contribution >= 4 is 27.3 Å². The smallest absolute Gasteiger partial charge is 0.123 e. The maximum atomic E-state index is 12.8. The molecular weight excluding hydrogens is 341 g/mol. The van der Waals surface area contributed by atoms with Crippen molar-refractivity contribution in [3.05, 3.63) is 56.4 Å². The van der Waals surface area contributed by atoms with Crippen molar-refractivity contribution in [2.45, 2.75) is 19.1 Å². The zero-order valence-corrected chi connectivity index (χ0v) is 13.6. The van der Waals surface area contributed by atoms with E-state index in [-0.39, 0.29) is 5.82 Å². The zero-order valence-electron chi connectivity index (χ0n) is 11.2. The molecule has 108 valence electrons. The molecule has 0 aliphatic carbocycles. The first-order chi connectivity index (χ1) is 9.54. The van der Waals surface area contributed by atoms with Gasteiger partial charge in [0.15, 0.2) is 0 Å². The molecule has 0 aliphatic heterocycles. The van der Waals surface area contributed by atoms with Crippen LogP contribution in [0.4, 0.5) is 4.39 Å². The standard InChI is InChI=1S/C15H17BrFNOS/c1-18(9-14-8-12(16)10-20-14)7-6-15(19)11-2-4-13(17)5-3-11/h2-5,8,10,15,19H,6-7,9H2,1H3. The first-order valence-corrected chi connectivity index (χ1v) is 8.07. The van der Waals surface area contributed by atoms with Gasteiger partial charge in [-0.25, -0.2) is 4.39 Å². The van der Waals surface area contributed by atoms with E-state index in [1.165, 1.54) is 17.0 Å². The SMILES string of the molecule is CN(CCC(O)c1ccc(F)cc1)Cc1cc(Br)cs1. The summed E-state index contributed by atoms with van der Waals surface area (Å²) >= 11 is 5.16. The summed E-state index contributed by atoms with van der Waals surface area (Å²) in [5.74, 6) is -0.277. The topological polar surface area (TPSA) is 23.5 Å². The van der Waals surface area contributed by atoms with Crippen LogP contribution in [0.2, 0.25) is 0 Å². The van der Waals surface area contributed by atoms with Crippen molar-refractivity contribution < 1.29 is 9.50 Å². The molecule has 0 amide bonds. The quantitative estimate of drug-likeness (QED) is 0.837. The molecule has 1 aromatic carbocycles. The van der Waals surface area contributed by atoms with Crippen LogP contribution in [0.1, 0.15) is 23.0 Å². The second-order valence-electron chi connectivity index (χ2n) is 4.83. The van der Waals surface area contributed by atoms with Gasteiger partial charge in [-0.2, -0.15) is 0 Å². The minimum Gasteiger partial charge on any atom is -0.388 e.